The minimum atomic E-state index is -0.189. The molecule has 4 nitrogen and oxygen atoms in total. The predicted octanol–water partition coefficient (Wildman–Crippen LogP) is 4.00. The van der Waals surface area contributed by atoms with Crippen molar-refractivity contribution in [3.05, 3.63) is 65.7 Å². The third-order valence-corrected chi connectivity index (χ3v) is 4.84. The summed E-state index contributed by atoms with van der Waals surface area (Å²) >= 11 is 1.44. The van der Waals surface area contributed by atoms with E-state index in [0.717, 1.165) is 27.6 Å². The number of fused-ring (bicyclic) bond motifs is 1. The van der Waals surface area contributed by atoms with Gasteiger partial charge in [-0.25, -0.2) is 4.98 Å². The van der Waals surface area contributed by atoms with E-state index in [9.17, 15) is 4.79 Å². The quantitative estimate of drug-likeness (QED) is 0.786. The molecule has 24 heavy (non-hydrogen) atoms. The molecule has 1 aliphatic rings. The zero-order valence-electron chi connectivity index (χ0n) is 12.9. The summed E-state index contributed by atoms with van der Waals surface area (Å²) in [6.07, 6.45) is 0.696. The SMILES string of the molecule is O=C(Nc1scnc1-c1ccccc1)[C@H]1COc2ccccc2C1. The van der Waals surface area contributed by atoms with Gasteiger partial charge < -0.3 is 10.1 Å². The number of amides is 1. The molecule has 1 aliphatic heterocycles. The van der Waals surface area contributed by atoms with Crippen molar-refractivity contribution in [1.82, 2.24) is 4.98 Å². The normalized spacial score (nSPS) is 16.1. The van der Waals surface area contributed by atoms with Crippen LogP contribution in [0, 0.1) is 5.92 Å². The molecule has 5 heteroatoms. The lowest BCUT2D eigenvalue weighted by Crippen LogP contribution is -2.32. The van der Waals surface area contributed by atoms with Crippen LogP contribution in [0.1, 0.15) is 5.56 Å². The van der Waals surface area contributed by atoms with Crippen LogP contribution in [0.5, 0.6) is 5.75 Å². The smallest absolute Gasteiger partial charge is 0.231 e. The number of rotatable bonds is 3. The average Bonchev–Trinajstić information content (AvgIpc) is 3.10. The molecule has 0 saturated heterocycles. The number of carbonyl (C=O) groups is 1. The summed E-state index contributed by atoms with van der Waals surface area (Å²) in [6, 6.07) is 17.7. The highest BCUT2D eigenvalue weighted by Crippen LogP contribution is 2.32. The molecule has 3 aromatic rings. The van der Waals surface area contributed by atoms with E-state index in [-0.39, 0.29) is 11.8 Å². The zero-order valence-corrected chi connectivity index (χ0v) is 13.8. The second-order valence-electron chi connectivity index (χ2n) is 5.71. The molecule has 0 spiro atoms. The van der Waals surface area contributed by atoms with Crippen molar-refractivity contribution in [2.24, 2.45) is 5.92 Å². The number of hydrogen-bond acceptors (Lipinski definition) is 4. The highest BCUT2D eigenvalue weighted by atomic mass is 32.1. The molecule has 1 N–H and O–H groups in total. The van der Waals surface area contributed by atoms with E-state index in [0.29, 0.717) is 13.0 Å². The van der Waals surface area contributed by atoms with Gasteiger partial charge in [0, 0.05) is 5.56 Å². The maximum Gasteiger partial charge on any atom is 0.231 e. The lowest BCUT2D eigenvalue weighted by Gasteiger charge is -2.24. The Morgan fingerprint density at radius 3 is 2.79 bits per heavy atom. The third-order valence-electron chi connectivity index (χ3n) is 4.10. The Balaban J connectivity index is 1.51. The number of aromatic nitrogens is 1. The Kier molecular flexibility index (Phi) is 4.01. The minimum Gasteiger partial charge on any atom is -0.492 e. The van der Waals surface area contributed by atoms with Gasteiger partial charge in [0.05, 0.1) is 11.4 Å². The van der Waals surface area contributed by atoms with Crippen LogP contribution in [0.3, 0.4) is 0 Å². The van der Waals surface area contributed by atoms with Gasteiger partial charge in [0.1, 0.15) is 23.1 Å². The zero-order chi connectivity index (χ0) is 16.4. The van der Waals surface area contributed by atoms with Crippen LogP contribution in [0.4, 0.5) is 5.00 Å². The highest BCUT2D eigenvalue weighted by molar-refractivity contribution is 7.14. The molecular formula is C19H16N2O2S. The van der Waals surface area contributed by atoms with Gasteiger partial charge >= 0.3 is 0 Å². The van der Waals surface area contributed by atoms with E-state index in [4.69, 9.17) is 4.74 Å². The molecule has 1 atom stereocenters. The molecule has 0 fully saturated rings. The van der Waals surface area contributed by atoms with Gasteiger partial charge in [0.15, 0.2) is 0 Å². The summed E-state index contributed by atoms with van der Waals surface area (Å²) in [7, 11) is 0. The van der Waals surface area contributed by atoms with Crippen molar-refractivity contribution in [3.8, 4) is 17.0 Å². The topological polar surface area (TPSA) is 51.2 Å². The minimum absolute atomic E-state index is 0.0223. The van der Waals surface area contributed by atoms with Crippen molar-refractivity contribution < 1.29 is 9.53 Å². The summed E-state index contributed by atoms with van der Waals surface area (Å²) in [5, 5.41) is 3.81. The molecule has 0 bridgehead atoms. The molecule has 2 heterocycles. The van der Waals surface area contributed by atoms with Gasteiger partial charge in [-0.15, -0.1) is 11.3 Å². The number of ether oxygens (including phenoxy) is 1. The number of benzene rings is 2. The summed E-state index contributed by atoms with van der Waals surface area (Å²) in [5.74, 6) is 0.667. The van der Waals surface area contributed by atoms with E-state index < -0.39 is 0 Å². The number of hydrogen-bond donors (Lipinski definition) is 1. The lowest BCUT2D eigenvalue weighted by molar-refractivity contribution is -0.121. The third kappa shape index (κ3) is 2.90. The average molecular weight is 336 g/mol. The maximum absolute atomic E-state index is 12.6. The highest BCUT2D eigenvalue weighted by Gasteiger charge is 2.26. The van der Waals surface area contributed by atoms with Gasteiger partial charge in [0.25, 0.3) is 0 Å². The van der Waals surface area contributed by atoms with Crippen LogP contribution >= 0.6 is 11.3 Å². The molecule has 4 rings (SSSR count). The maximum atomic E-state index is 12.6. The van der Waals surface area contributed by atoms with Crippen LogP contribution < -0.4 is 10.1 Å². The Labute approximate surface area is 144 Å². The van der Waals surface area contributed by atoms with E-state index in [1.807, 2.05) is 54.6 Å². The molecular weight excluding hydrogens is 320 g/mol. The molecule has 0 unspecified atom stereocenters. The van der Waals surface area contributed by atoms with Crippen LogP contribution in [-0.4, -0.2) is 17.5 Å². The largest absolute Gasteiger partial charge is 0.492 e. The number of thiazole rings is 1. The van der Waals surface area contributed by atoms with E-state index in [1.54, 1.807) is 5.51 Å². The fourth-order valence-corrected chi connectivity index (χ4v) is 3.55. The first-order valence-electron chi connectivity index (χ1n) is 7.82. The Bertz CT molecular complexity index is 861. The summed E-state index contributed by atoms with van der Waals surface area (Å²) in [6.45, 7) is 0.405. The van der Waals surface area contributed by atoms with Gasteiger partial charge in [-0.1, -0.05) is 48.5 Å². The lowest BCUT2D eigenvalue weighted by atomic mass is 9.96. The fourth-order valence-electron chi connectivity index (χ4n) is 2.85. The molecule has 120 valence electrons. The first-order chi connectivity index (χ1) is 11.8. The second kappa shape index (κ2) is 6.45. The van der Waals surface area contributed by atoms with E-state index in [1.165, 1.54) is 11.3 Å². The van der Waals surface area contributed by atoms with Crippen LogP contribution in [-0.2, 0) is 11.2 Å². The summed E-state index contributed by atoms with van der Waals surface area (Å²) in [5.41, 5.74) is 4.65. The first kappa shape index (κ1) is 14.9. The predicted molar refractivity (Wildman–Crippen MR) is 95.3 cm³/mol. The van der Waals surface area contributed by atoms with Crippen LogP contribution in [0.25, 0.3) is 11.3 Å². The van der Waals surface area contributed by atoms with Crippen molar-refractivity contribution >= 4 is 22.2 Å². The number of para-hydroxylation sites is 1. The van der Waals surface area contributed by atoms with Gasteiger partial charge in [-0.2, -0.15) is 0 Å². The molecule has 0 aliphatic carbocycles. The van der Waals surface area contributed by atoms with Crippen molar-refractivity contribution in [2.45, 2.75) is 6.42 Å². The Morgan fingerprint density at radius 1 is 1.12 bits per heavy atom. The summed E-state index contributed by atoms with van der Waals surface area (Å²) in [4.78, 5) is 17.0. The monoisotopic (exact) mass is 336 g/mol. The van der Waals surface area contributed by atoms with E-state index >= 15 is 0 Å². The molecule has 1 aromatic heterocycles. The second-order valence-corrected chi connectivity index (χ2v) is 6.56. The summed E-state index contributed by atoms with van der Waals surface area (Å²) < 4.78 is 5.72. The molecule has 1 amide bonds. The standard InChI is InChI=1S/C19H16N2O2S/c22-18(15-10-14-8-4-5-9-16(14)23-11-15)21-19-17(20-12-24-19)13-6-2-1-3-7-13/h1-9,12,15H,10-11H2,(H,21,22)/t15-/m1/s1. The Morgan fingerprint density at radius 2 is 1.92 bits per heavy atom. The van der Waals surface area contributed by atoms with Crippen molar-refractivity contribution in [2.75, 3.05) is 11.9 Å². The van der Waals surface area contributed by atoms with Crippen molar-refractivity contribution in [1.29, 1.82) is 0 Å². The first-order valence-corrected chi connectivity index (χ1v) is 8.69. The Hall–Kier alpha value is -2.66. The number of nitrogens with zero attached hydrogens (tertiary/aromatic N) is 1. The number of anilines is 1. The van der Waals surface area contributed by atoms with Gasteiger partial charge in [0.2, 0.25) is 5.91 Å². The van der Waals surface area contributed by atoms with Gasteiger partial charge in [-0.3, -0.25) is 4.79 Å². The van der Waals surface area contributed by atoms with E-state index in [2.05, 4.69) is 10.3 Å². The molecule has 0 saturated carbocycles. The number of carbonyl (C=O) groups excluding carboxylic acids is 1. The number of nitrogens with one attached hydrogen (secondary N) is 1. The molecule has 0 radical (unpaired) electrons. The fraction of sp³-hybridized carbons (Fsp3) is 0.158. The van der Waals surface area contributed by atoms with Crippen LogP contribution in [0.2, 0.25) is 0 Å². The van der Waals surface area contributed by atoms with Crippen molar-refractivity contribution in [3.63, 3.8) is 0 Å². The molecule has 2 aromatic carbocycles. The van der Waals surface area contributed by atoms with Crippen LogP contribution in [0.15, 0.2) is 60.1 Å². The van der Waals surface area contributed by atoms with Gasteiger partial charge in [-0.05, 0) is 18.1 Å².